The van der Waals surface area contributed by atoms with Crippen LogP contribution in [0.5, 0.6) is 0 Å². The highest BCUT2D eigenvalue weighted by Crippen LogP contribution is 2.29. The maximum absolute atomic E-state index is 13.0. The van der Waals surface area contributed by atoms with E-state index in [-0.39, 0.29) is 24.8 Å². The maximum Gasteiger partial charge on any atom is 0.506 e. The zero-order valence-electron chi connectivity index (χ0n) is 14.7. The summed E-state index contributed by atoms with van der Waals surface area (Å²) in [6.07, 6.45) is -1.34. The number of hydrogen-bond donors (Lipinski definition) is 4. The van der Waals surface area contributed by atoms with Crippen LogP contribution in [0.3, 0.4) is 0 Å². The van der Waals surface area contributed by atoms with Crippen LogP contribution in [0, 0.1) is 5.92 Å². The molecule has 0 radical (unpaired) electrons. The van der Waals surface area contributed by atoms with Crippen LogP contribution in [0.1, 0.15) is 24.3 Å². The van der Waals surface area contributed by atoms with E-state index in [4.69, 9.17) is 15.1 Å². The first-order chi connectivity index (χ1) is 13.0. The zero-order valence-corrected chi connectivity index (χ0v) is 14.7. The number of ether oxygens (including phenoxy) is 1. The molecule has 0 saturated carbocycles. The van der Waals surface area contributed by atoms with Gasteiger partial charge in [-0.05, 0) is 18.4 Å². The lowest BCUT2D eigenvalue weighted by molar-refractivity contribution is -0.145. The molecule has 4 N–H and O–H groups in total. The predicted octanol–water partition coefficient (Wildman–Crippen LogP) is 0.549. The van der Waals surface area contributed by atoms with E-state index in [0.717, 1.165) is 6.42 Å². The fourth-order valence-corrected chi connectivity index (χ4v) is 3.89. The van der Waals surface area contributed by atoms with Crippen molar-refractivity contribution in [2.75, 3.05) is 19.6 Å². The summed E-state index contributed by atoms with van der Waals surface area (Å²) in [6.45, 7) is 1.27. The van der Waals surface area contributed by atoms with E-state index < -0.39 is 30.1 Å². The van der Waals surface area contributed by atoms with E-state index in [0.29, 0.717) is 13.1 Å². The third-order valence-electron chi connectivity index (χ3n) is 5.24. The third-order valence-corrected chi connectivity index (χ3v) is 5.24. The summed E-state index contributed by atoms with van der Waals surface area (Å²) < 4.78 is 4.71. The molecule has 9 heteroatoms. The van der Waals surface area contributed by atoms with Crippen LogP contribution in [0.2, 0.25) is 0 Å². The summed E-state index contributed by atoms with van der Waals surface area (Å²) >= 11 is 0. The van der Waals surface area contributed by atoms with Gasteiger partial charge in [0.1, 0.15) is 6.10 Å². The van der Waals surface area contributed by atoms with Gasteiger partial charge in [-0.25, -0.2) is 10.3 Å². The lowest BCUT2D eigenvalue weighted by Gasteiger charge is -2.36. The maximum atomic E-state index is 13.0. The van der Waals surface area contributed by atoms with Crippen LogP contribution in [0.15, 0.2) is 30.3 Å². The number of amides is 2. The highest BCUT2D eigenvalue weighted by Gasteiger charge is 2.43. The van der Waals surface area contributed by atoms with Crippen molar-refractivity contribution in [2.24, 2.45) is 5.92 Å². The Morgan fingerprint density at radius 3 is 2.63 bits per heavy atom. The summed E-state index contributed by atoms with van der Waals surface area (Å²) in [5.41, 5.74) is 2.74. The highest BCUT2D eigenvalue weighted by atomic mass is 16.7. The number of carboxylic acid groups (broad SMARTS) is 1. The van der Waals surface area contributed by atoms with Crippen LogP contribution in [-0.2, 0) is 14.3 Å². The lowest BCUT2D eigenvalue weighted by atomic mass is 9.87. The summed E-state index contributed by atoms with van der Waals surface area (Å²) in [5.74, 6) is -1.64. The van der Waals surface area contributed by atoms with Crippen molar-refractivity contribution in [2.45, 2.75) is 30.9 Å². The minimum Gasteiger partial charge on any atom is -0.450 e. The summed E-state index contributed by atoms with van der Waals surface area (Å²) in [4.78, 5) is 37.5. The van der Waals surface area contributed by atoms with Crippen LogP contribution in [-0.4, -0.2) is 65.0 Å². The first-order valence-corrected chi connectivity index (χ1v) is 8.90. The third kappa shape index (κ3) is 4.37. The molecule has 3 rings (SSSR count). The molecule has 1 aromatic carbocycles. The van der Waals surface area contributed by atoms with Gasteiger partial charge in [0.05, 0.1) is 12.0 Å². The van der Waals surface area contributed by atoms with Gasteiger partial charge in [0.15, 0.2) is 0 Å². The molecule has 0 unspecified atom stereocenters. The van der Waals surface area contributed by atoms with Crippen LogP contribution < -0.4 is 10.8 Å². The molecule has 1 aromatic rings. The molecule has 2 aliphatic heterocycles. The Hall–Kier alpha value is -2.65. The standard InChI is InChI=1S/C18H23N3O6/c22-16(20-26)14-8-13(27-18(24)25)9-19-15(14)17(23)21-7-6-12(10-21)11-4-2-1-3-5-11/h1-5,12-15,19,26H,6-10H2,(H,20,22)(H,24,25)/t12-,13-,14-,15-/m0/s1. The smallest absolute Gasteiger partial charge is 0.450 e. The summed E-state index contributed by atoms with van der Waals surface area (Å²) in [7, 11) is 0. The molecule has 0 bridgehead atoms. The normalized spacial score (nSPS) is 27.8. The number of likely N-dealkylation sites (tertiary alicyclic amines) is 1. The first-order valence-electron chi connectivity index (χ1n) is 8.90. The Bertz CT molecular complexity index is 698. The van der Waals surface area contributed by atoms with Gasteiger partial charge in [-0.2, -0.15) is 0 Å². The number of benzene rings is 1. The fraction of sp³-hybridized carbons (Fsp3) is 0.500. The monoisotopic (exact) mass is 377 g/mol. The number of hydrogen-bond acceptors (Lipinski definition) is 6. The molecule has 0 spiro atoms. The Balaban J connectivity index is 1.67. The topological polar surface area (TPSA) is 128 Å². The molecule has 2 amide bonds. The molecule has 2 heterocycles. The van der Waals surface area contributed by atoms with Crippen molar-refractivity contribution in [3.05, 3.63) is 35.9 Å². The molecule has 2 fully saturated rings. The molecule has 27 heavy (non-hydrogen) atoms. The molecule has 2 aliphatic rings. The van der Waals surface area contributed by atoms with Gasteiger partial charge < -0.3 is 20.1 Å². The summed E-state index contributed by atoms with van der Waals surface area (Å²) in [5, 5.41) is 20.7. The minimum absolute atomic E-state index is 0.0258. The lowest BCUT2D eigenvalue weighted by Crippen LogP contribution is -2.59. The second-order valence-electron chi connectivity index (χ2n) is 6.89. The number of rotatable bonds is 4. The van der Waals surface area contributed by atoms with Crippen molar-refractivity contribution < 1.29 is 29.4 Å². The van der Waals surface area contributed by atoms with Crippen molar-refractivity contribution >= 4 is 18.0 Å². The number of carbonyl (C=O) groups excluding carboxylic acids is 2. The zero-order chi connectivity index (χ0) is 19.4. The minimum atomic E-state index is -1.44. The van der Waals surface area contributed by atoms with Crippen LogP contribution in [0.25, 0.3) is 0 Å². The Morgan fingerprint density at radius 1 is 1.22 bits per heavy atom. The van der Waals surface area contributed by atoms with E-state index in [9.17, 15) is 14.4 Å². The molecule has 0 aliphatic carbocycles. The van der Waals surface area contributed by atoms with E-state index >= 15 is 0 Å². The number of carbonyl (C=O) groups is 3. The average molecular weight is 377 g/mol. The van der Waals surface area contributed by atoms with E-state index in [1.54, 1.807) is 10.4 Å². The van der Waals surface area contributed by atoms with Crippen molar-refractivity contribution in [3.8, 4) is 0 Å². The SMILES string of the molecule is O=C(O)O[C@@H]1CN[C@H](C(=O)N2CC[C@H](c3ccccc3)C2)[C@@H](C(=O)NO)C1. The molecule has 9 nitrogen and oxygen atoms in total. The number of hydroxylamine groups is 1. The largest absolute Gasteiger partial charge is 0.506 e. The number of nitrogens with one attached hydrogen (secondary N) is 2. The highest BCUT2D eigenvalue weighted by molar-refractivity contribution is 5.90. The van der Waals surface area contributed by atoms with Gasteiger partial charge in [0.25, 0.3) is 0 Å². The van der Waals surface area contributed by atoms with Gasteiger partial charge in [0.2, 0.25) is 11.8 Å². The average Bonchev–Trinajstić information content (AvgIpc) is 3.17. The van der Waals surface area contributed by atoms with Gasteiger partial charge >= 0.3 is 6.16 Å². The molecule has 0 aromatic heterocycles. The van der Waals surface area contributed by atoms with Crippen LogP contribution in [0.4, 0.5) is 4.79 Å². The van der Waals surface area contributed by atoms with Gasteiger partial charge in [-0.3, -0.25) is 14.8 Å². The second kappa shape index (κ2) is 8.36. The van der Waals surface area contributed by atoms with Gasteiger partial charge in [0, 0.05) is 25.6 Å². The van der Waals surface area contributed by atoms with Gasteiger partial charge in [-0.15, -0.1) is 0 Å². The number of nitrogens with zero attached hydrogens (tertiary/aromatic N) is 1. The van der Waals surface area contributed by atoms with E-state index in [1.165, 1.54) is 5.56 Å². The molecular weight excluding hydrogens is 354 g/mol. The van der Waals surface area contributed by atoms with E-state index in [2.05, 4.69) is 5.32 Å². The Labute approximate surface area is 156 Å². The number of piperidine rings is 1. The van der Waals surface area contributed by atoms with Crippen molar-refractivity contribution in [3.63, 3.8) is 0 Å². The molecule has 2 saturated heterocycles. The quantitative estimate of drug-likeness (QED) is 0.343. The van der Waals surface area contributed by atoms with Gasteiger partial charge in [-0.1, -0.05) is 30.3 Å². The molecule has 146 valence electrons. The summed E-state index contributed by atoms with van der Waals surface area (Å²) in [6, 6.07) is 9.11. The Morgan fingerprint density at radius 2 is 1.96 bits per heavy atom. The van der Waals surface area contributed by atoms with Crippen molar-refractivity contribution in [1.29, 1.82) is 0 Å². The second-order valence-corrected chi connectivity index (χ2v) is 6.89. The van der Waals surface area contributed by atoms with Crippen molar-refractivity contribution in [1.82, 2.24) is 15.7 Å². The first kappa shape index (κ1) is 19.1. The molecule has 4 atom stereocenters. The Kier molecular flexibility index (Phi) is 5.92. The molecular formula is C18H23N3O6. The fourth-order valence-electron chi connectivity index (χ4n) is 3.89. The van der Waals surface area contributed by atoms with E-state index in [1.807, 2.05) is 30.3 Å². The predicted molar refractivity (Wildman–Crippen MR) is 93.1 cm³/mol. The van der Waals surface area contributed by atoms with Crippen LogP contribution >= 0.6 is 0 Å².